The highest BCUT2D eigenvalue weighted by Crippen LogP contribution is 2.63. The van der Waals surface area contributed by atoms with Gasteiger partial charge in [-0.2, -0.15) is 0 Å². The third kappa shape index (κ3) is 1.45. The monoisotopic (exact) mass is 256 g/mol. The maximum atomic E-state index is 12.0. The summed E-state index contributed by atoms with van der Waals surface area (Å²) in [5, 5.41) is 0. The van der Waals surface area contributed by atoms with Crippen molar-refractivity contribution in [1.82, 2.24) is 0 Å². The number of Topliss-reactive ketones (excluding diaryl/α,β-unsaturated/α-hetero) is 1. The Balaban J connectivity index is 1.46. The second kappa shape index (κ2) is 3.74. The highest BCUT2D eigenvalue weighted by Gasteiger charge is 2.59. The molecule has 0 N–H and O–H groups in total. The van der Waals surface area contributed by atoms with Gasteiger partial charge in [-0.15, -0.1) is 0 Å². The molecule has 1 nitrogen and oxygen atoms in total. The minimum Gasteiger partial charge on any atom is -0.299 e. The first-order valence-electron chi connectivity index (χ1n) is 8.52. The van der Waals surface area contributed by atoms with Crippen LogP contribution in [0.1, 0.15) is 44.9 Å². The normalized spacial score (nSPS) is 58.0. The lowest BCUT2D eigenvalue weighted by molar-refractivity contribution is -0.127. The van der Waals surface area contributed by atoms with Crippen LogP contribution in [0.25, 0.3) is 0 Å². The van der Waals surface area contributed by atoms with Gasteiger partial charge < -0.3 is 0 Å². The van der Waals surface area contributed by atoms with E-state index in [0.29, 0.717) is 11.7 Å². The molecule has 5 aliphatic carbocycles. The van der Waals surface area contributed by atoms with Gasteiger partial charge in [0.25, 0.3) is 0 Å². The van der Waals surface area contributed by atoms with Gasteiger partial charge in [-0.3, -0.25) is 4.79 Å². The number of fused-ring (bicyclic) bond motifs is 7. The van der Waals surface area contributed by atoms with Gasteiger partial charge in [0.15, 0.2) is 0 Å². The van der Waals surface area contributed by atoms with E-state index in [-0.39, 0.29) is 0 Å². The average Bonchev–Trinajstić information content (AvgIpc) is 3.08. The van der Waals surface area contributed by atoms with Crippen LogP contribution < -0.4 is 0 Å². The Kier molecular flexibility index (Phi) is 2.19. The molecule has 1 heteroatoms. The Labute approximate surface area is 115 Å². The van der Waals surface area contributed by atoms with Crippen molar-refractivity contribution >= 4 is 5.78 Å². The van der Waals surface area contributed by atoms with Crippen LogP contribution in [0.3, 0.4) is 0 Å². The minimum absolute atomic E-state index is 0.511. The van der Waals surface area contributed by atoms with E-state index < -0.39 is 0 Å². The summed E-state index contributed by atoms with van der Waals surface area (Å²) in [5.41, 5.74) is 0. The van der Waals surface area contributed by atoms with Gasteiger partial charge in [0, 0.05) is 12.3 Å². The summed E-state index contributed by atoms with van der Waals surface area (Å²) in [6, 6.07) is 0. The first kappa shape index (κ1) is 11.1. The Morgan fingerprint density at radius 1 is 0.947 bits per heavy atom. The highest BCUT2D eigenvalue weighted by molar-refractivity contribution is 5.85. The topological polar surface area (TPSA) is 17.1 Å². The fourth-order valence-electron chi connectivity index (χ4n) is 6.59. The largest absolute Gasteiger partial charge is 0.299 e. The summed E-state index contributed by atoms with van der Waals surface area (Å²) in [6.07, 6.45) is 14.3. The van der Waals surface area contributed by atoms with Crippen LogP contribution in [0.4, 0.5) is 0 Å². The van der Waals surface area contributed by atoms with Gasteiger partial charge in [0.1, 0.15) is 5.78 Å². The zero-order valence-electron chi connectivity index (χ0n) is 11.6. The number of carbonyl (C=O) groups excluding carboxylic acids is 1. The Morgan fingerprint density at radius 2 is 1.79 bits per heavy atom. The number of carbonyl (C=O) groups is 1. The van der Waals surface area contributed by atoms with E-state index in [9.17, 15) is 4.79 Å². The molecule has 0 aromatic carbocycles. The fourth-order valence-corrected chi connectivity index (χ4v) is 6.59. The molecule has 8 unspecified atom stereocenters. The summed E-state index contributed by atoms with van der Waals surface area (Å²) in [6.45, 7) is 0. The second-order valence-corrected chi connectivity index (χ2v) is 8.00. The predicted octanol–water partition coefficient (Wildman–Crippen LogP) is 3.84. The second-order valence-electron chi connectivity index (χ2n) is 8.00. The third-order valence-electron chi connectivity index (χ3n) is 7.38. The molecule has 102 valence electrons. The van der Waals surface area contributed by atoms with Crippen LogP contribution >= 0.6 is 0 Å². The molecule has 0 radical (unpaired) electrons. The lowest BCUT2D eigenvalue weighted by Gasteiger charge is -2.51. The molecule has 0 aromatic rings. The van der Waals surface area contributed by atoms with Gasteiger partial charge >= 0.3 is 0 Å². The molecule has 5 rings (SSSR count). The van der Waals surface area contributed by atoms with E-state index in [2.05, 4.69) is 12.2 Å². The molecule has 4 fully saturated rings. The molecular formula is C18H24O. The predicted molar refractivity (Wildman–Crippen MR) is 74.4 cm³/mol. The van der Waals surface area contributed by atoms with E-state index in [0.717, 1.165) is 47.8 Å². The van der Waals surface area contributed by atoms with Gasteiger partial charge in [-0.1, -0.05) is 12.2 Å². The number of rotatable bonds is 0. The zero-order valence-corrected chi connectivity index (χ0v) is 11.6. The van der Waals surface area contributed by atoms with Gasteiger partial charge in [-0.05, 0) is 80.0 Å². The van der Waals surface area contributed by atoms with Crippen molar-refractivity contribution in [3.05, 3.63) is 12.2 Å². The molecule has 0 aliphatic heterocycles. The van der Waals surface area contributed by atoms with Crippen LogP contribution in [0.5, 0.6) is 0 Å². The van der Waals surface area contributed by atoms with Gasteiger partial charge in [0.2, 0.25) is 0 Å². The van der Waals surface area contributed by atoms with E-state index in [1.165, 1.54) is 38.5 Å². The van der Waals surface area contributed by atoms with Crippen molar-refractivity contribution in [2.45, 2.75) is 44.9 Å². The van der Waals surface area contributed by atoms with Crippen molar-refractivity contribution in [1.29, 1.82) is 0 Å². The average molecular weight is 256 g/mol. The van der Waals surface area contributed by atoms with E-state index in [1.54, 1.807) is 0 Å². The molecule has 4 saturated carbocycles. The summed E-state index contributed by atoms with van der Waals surface area (Å²) >= 11 is 0. The van der Waals surface area contributed by atoms with Gasteiger partial charge in [0.05, 0.1) is 0 Å². The van der Waals surface area contributed by atoms with Crippen molar-refractivity contribution in [3.63, 3.8) is 0 Å². The summed E-state index contributed by atoms with van der Waals surface area (Å²) in [4.78, 5) is 12.0. The quantitative estimate of drug-likeness (QED) is 0.602. The third-order valence-corrected chi connectivity index (χ3v) is 7.38. The zero-order chi connectivity index (χ0) is 12.6. The Bertz CT molecular complexity index is 451. The summed E-state index contributed by atoms with van der Waals surface area (Å²) < 4.78 is 0. The molecule has 0 saturated heterocycles. The van der Waals surface area contributed by atoms with E-state index in [1.807, 2.05) is 0 Å². The first-order chi connectivity index (χ1) is 9.33. The molecule has 19 heavy (non-hydrogen) atoms. The van der Waals surface area contributed by atoms with E-state index >= 15 is 0 Å². The lowest BCUT2D eigenvalue weighted by Crippen LogP contribution is -2.45. The first-order valence-corrected chi connectivity index (χ1v) is 8.52. The van der Waals surface area contributed by atoms with Crippen LogP contribution in [-0.2, 0) is 4.79 Å². The van der Waals surface area contributed by atoms with Crippen LogP contribution in [0.15, 0.2) is 12.2 Å². The molecule has 0 amide bonds. The standard InChI is InChI=1S/C18H24O/c19-17-8-11-5-6-13-12-3-1-2-10(12)4-7-14(13)18(11)16-9-15(16)17/h1,3,10-16,18H,2,4-9H2. The van der Waals surface area contributed by atoms with Crippen LogP contribution in [-0.4, -0.2) is 5.78 Å². The molecule has 0 spiro atoms. The maximum Gasteiger partial charge on any atom is 0.136 e. The molecule has 8 atom stereocenters. The molecule has 0 bridgehead atoms. The van der Waals surface area contributed by atoms with Crippen molar-refractivity contribution < 1.29 is 4.79 Å². The fraction of sp³-hybridized carbons (Fsp3) is 0.833. The molecule has 5 aliphatic rings. The number of hydrogen-bond donors (Lipinski definition) is 0. The Morgan fingerprint density at radius 3 is 2.74 bits per heavy atom. The smallest absolute Gasteiger partial charge is 0.136 e. The molecular weight excluding hydrogens is 232 g/mol. The number of ketones is 1. The SMILES string of the molecule is O=C1CC2CCC3C4C=CCC4CCC3C2C2CC12. The number of allylic oxidation sites excluding steroid dienone is 2. The molecule has 0 heterocycles. The lowest BCUT2D eigenvalue weighted by atomic mass is 9.53. The summed E-state index contributed by atoms with van der Waals surface area (Å²) in [5.74, 6) is 7.53. The van der Waals surface area contributed by atoms with E-state index in [4.69, 9.17) is 0 Å². The Hall–Kier alpha value is -0.590. The van der Waals surface area contributed by atoms with Crippen molar-refractivity contribution in [2.24, 2.45) is 47.3 Å². The maximum absolute atomic E-state index is 12.0. The van der Waals surface area contributed by atoms with Crippen LogP contribution in [0, 0.1) is 47.3 Å². The number of hydrogen-bond acceptors (Lipinski definition) is 1. The highest BCUT2D eigenvalue weighted by atomic mass is 16.1. The van der Waals surface area contributed by atoms with Crippen LogP contribution in [0.2, 0.25) is 0 Å². The van der Waals surface area contributed by atoms with Crippen molar-refractivity contribution in [2.75, 3.05) is 0 Å². The van der Waals surface area contributed by atoms with Gasteiger partial charge in [-0.25, -0.2) is 0 Å². The molecule has 0 aromatic heterocycles. The minimum atomic E-state index is 0.511. The van der Waals surface area contributed by atoms with Crippen molar-refractivity contribution in [3.8, 4) is 0 Å². The summed E-state index contributed by atoms with van der Waals surface area (Å²) in [7, 11) is 0.